The number of hydrogen-bond acceptors (Lipinski definition) is 6. The summed E-state index contributed by atoms with van der Waals surface area (Å²) in [5.74, 6) is -2.53. The average Bonchev–Trinajstić information content (AvgIpc) is 2.24. The molecule has 1 aliphatic heterocycles. The van der Waals surface area contributed by atoms with Gasteiger partial charge in [-0.1, -0.05) is 0 Å². The maximum atomic E-state index is 11.4. The van der Waals surface area contributed by atoms with Crippen LogP contribution < -0.4 is 0 Å². The molecule has 0 aliphatic carbocycles. The summed E-state index contributed by atoms with van der Waals surface area (Å²) < 4.78 is 0. The van der Waals surface area contributed by atoms with Crippen molar-refractivity contribution in [2.45, 2.75) is 45.2 Å². The van der Waals surface area contributed by atoms with Gasteiger partial charge in [-0.15, -0.1) is 10.1 Å². The van der Waals surface area contributed by atoms with E-state index in [-0.39, 0.29) is 13.0 Å². The van der Waals surface area contributed by atoms with E-state index in [9.17, 15) is 25.2 Å². The molecule has 0 radical (unpaired) electrons. The Balaban J connectivity index is 3.07. The molecule has 1 fully saturated rings. The normalized spacial score (nSPS) is 29.7. The third-order valence-electron chi connectivity index (χ3n) is 3.91. The Kier molecular flexibility index (Phi) is 4.06. The van der Waals surface area contributed by atoms with Crippen molar-refractivity contribution in [3.8, 4) is 0 Å². The summed E-state index contributed by atoms with van der Waals surface area (Å²) >= 11 is 0. The first-order valence-corrected chi connectivity index (χ1v) is 5.99. The zero-order valence-corrected chi connectivity index (χ0v) is 11.5. The summed E-state index contributed by atoms with van der Waals surface area (Å²) in [6.07, 6.45) is 0.188. The van der Waals surface area contributed by atoms with Crippen molar-refractivity contribution < 1.29 is 25.0 Å². The van der Waals surface area contributed by atoms with Crippen molar-refractivity contribution in [1.29, 1.82) is 0 Å². The molecule has 0 aromatic rings. The van der Waals surface area contributed by atoms with E-state index in [2.05, 4.69) is 4.84 Å². The molecule has 1 aliphatic rings. The summed E-state index contributed by atoms with van der Waals surface area (Å²) in [5, 5.41) is 29.9. The zero-order chi connectivity index (χ0) is 15.0. The van der Waals surface area contributed by atoms with Crippen LogP contribution in [0.5, 0.6) is 0 Å². The summed E-state index contributed by atoms with van der Waals surface area (Å²) in [5.41, 5.74) is -1.67. The molecule has 2 unspecified atom stereocenters. The van der Waals surface area contributed by atoms with Gasteiger partial charge in [-0.3, -0.25) is 4.79 Å². The monoisotopic (exact) mass is 276 g/mol. The Labute approximate surface area is 111 Å². The highest BCUT2D eigenvalue weighted by Gasteiger charge is 2.54. The molecule has 19 heavy (non-hydrogen) atoms. The SMILES string of the molecule is CC1(C)CC(C(=O)O)C(CO[N+](=O)[O-])C(C)(C)N1O. The van der Waals surface area contributed by atoms with E-state index in [4.69, 9.17) is 0 Å². The van der Waals surface area contributed by atoms with Gasteiger partial charge < -0.3 is 15.2 Å². The number of rotatable bonds is 4. The predicted octanol–water partition coefficient (Wildman–Crippen LogP) is 1.16. The van der Waals surface area contributed by atoms with E-state index in [1.807, 2.05) is 0 Å². The maximum absolute atomic E-state index is 11.4. The second-order valence-corrected chi connectivity index (χ2v) is 6.05. The number of hydrogen-bond donors (Lipinski definition) is 2. The number of nitrogens with zero attached hydrogens (tertiary/aromatic N) is 2. The molecule has 1 rings (SSSR count). The van der Waals surface area contributed by atoms with Crippen LogP contribution in [0.15, 0.2) is 0 Å². The van der Waals surface area contributed by atoms with Crippen LogP contribution in [-0.2, 0) is 9.63 Å². The summed E-state index contributed by atoms with van der Waals surface area (Å²) in [4.78, 5) is 26.0. The lowest BCUT2D eigenvalue weighted by Gasteiger charge is -2.54. The van der Waals surface area contributed by atoms with Gasteiger partial charge in [-0.05, 0) is 34.1 Å². The fourth-order valence-corrected chi connectivity index (χ4v) is 2.92. The largest absolute Gasteiger partial charge is 0.481 e. The minimum Gasteiger partial charge on any atom is -0.481 e. The first-order valence-electron chi connectivity index (χ1n) is 5.99. The molecule has 0 bridgehead atoms. The average molecular weight is 276 g/mol. The highest BCUT2D eigenvalue weighted by Crippen LogP contribution is 2.44. The van der Waals surface area contributed by atoms with Gasteiger partial charge in [0.25, 0.3) is 5.09 Å². The van der Waals surface area contributed by atoms with Gasteiger partial charge in [-0.2, -0.15) is 5.06 Å². The van der Waals surface area contributed by atoms with Gasteiger partial charge in [-0.25, -0.2) is 0 Å². The van der Waals surface area contributed by atoms with Crippen LogP contribution in [0, 0.1) is 22.0 Å². The van der Waals surface area contributed by atoms with Crippen molar-refractivity contribution in [1.82, 2.24) is 5.06 Å². The van der Waals surface area contributed by atoms with Crippen LogP contribution in [0.4, 0.5) is 0 Å². The number of aliphatic carboxylic acids is 1. The Bertz CT molecular complexity index is 381. The lowest BCUT2D eigenvalue weighted by atomic mass is 9.67. The molecule has 8 heteroatoms. The van der Waals surface area contributed by atoms with E-state index in [0.717, 1.165) is 5.06 Å². The first-order chi connectivity index (χ1) is 8.50. The second kappa shape index (κ2) is 4.93. The van der Waals surface area contributed by atoms with Gasteiger partial charge in [0.15, 0.2) is 0 Å². The zero-order valence-electron chi connectivity index (χ0n) is 11.5. The molecule has 1 heterocycles. The van der Waals surface area contributed by atoms with Gasteiger partial charge in [0.05, 0.1) is 5.92 Å². The van der Waals surface area contributed by atoms with E-state index in [0.29, 0.717) is 0 Å². The number of piperidine rings is 1. The van der Waals surface area contributed by atoms with Crippen molar-refractivity contribution in [2.24, 2.45) is 11.8 Å². The van der Waals surface area contributed by atoms with E-state index in [1.54, 1.807) is 27.7 Å². The van der Waals surface area contributed by atoms with Crippen molar-refractivity contribution in [3.63, 3.8) is 0 Å². The third kappa shape index (κ3) is 2.95. The number of hydroxylamine groups is 2. The summed E-state index contributed by atoms with van der Waals surface area (Å²) in [6.45, 7) is 6.41. The Hall–Kier alpha value is -1.41. The Morgan fingerprint density at radius 2 is 2.00 bits per heavy atom. The molecule has 0 aromatic heterocycles. The van der Waals surface area contributed by atoms with Gasteiger partial charge >= 0.3 is 5.97 Å². The second-order valence-electron chi connectivity index (χ2n) is 6.05. The molecule has 110 valence electrons. The lowest BCUT2D eigenvalue weighted by Crippen LogP contribution is -2.65. The van der Waals surface area contributed by atoms with Crippen molar-refractivity contribution >= 4 is 5.97 Å². The first kappa shape index (κ1) is 15.6. The van der Waals surface area contributed by atoms with Crippen LogP contribution in [0.3, 0.4) is 0 Å². The highest BCUT2D eigenvalue weighted by atomic mass is 16.9. The van der Waals surface area contributed by atoms with Gasteiger partial charge in [0.1, 0.15) is 6.61 Å². The molecule has 8 nitrogen and oxygen atoms in total. The molecule has 1 saturated heterocycles. The molecule has 2 atom stereocenters. The third-order valence-corrected chi connectivity index (χ3v) is 3.91. The van der Waals surface area contributed by atoms with Crippen LogP contribution in [0.25, 0.3) is 0 Å². The smallest absolute Gasteiger partial charge is 0.306 e. The Morgan fingerprint density at radius 3 is 2.42 bits per heavy atom. The molecule has 0 aromatic carbocycles. The van der Waals surface area contributed by atoms with E-state index < -0.39 is 34.0 Å². The Morgan fingerprint density at radius 1 is 1.47 bits per heavy atom. The number of carbonyl (C=O) groups is 1. The standard InChI is InChI=1S/C11H20N2O6/c1-10(2)5-7(9(14)15)8(6-19-13(17)18)11(3,4)12(10)16/h7-8,16H,5-6H2,1-4H3,(H,14,15). The molecular formula is C11H20N2O6. The van der Waals surface area contributed by atoms with E-state index >= 15 is 0 Å². The minimum absolute atomic E-state index is 0.188. The number of carboxylic acids is 1. The van der Waals surface area contributed by atoms with Crippen molar-refractivity contribution in [2.75, 3.05) is 6.61 Å². The summed E-state index contributed by atoms with van der Waals surface area (Å²) in [6, 6.07) is 0. The van der Waals surface area contributed by atoms with E-state index in [1.165, 1.54) is 0 Å². The molecule has 2 N–H and O–H groups in total. The van der Waals surface area contributed by atoms with Gasteiger partial charge in [0.2, 0.25) is 0 Å². The quantitative estimate of drug-likeness (QED) is 0.585. The molecular weight excluding hydrogens is 256 g/mol. The van der Waals surface area contributed by atoms with Crippen LogP contribution in [0.2, 0.25) is 0 Å². The fourth-order valence-electron chi connectivity index (χ4n) is 2.92. The maximum Gasteiger partial charge on any atom is 0.306 e. The minimum atomic E-state index is -1.04. The highest BCUT2D eigenvalue weighted by molar-refractivity contribution is 5.71. The summed E-state index contributed by atoms with van der Waals surface area (Å²) in [7, 11) is 0. The lowest BCUT2D eigenvalue weighted by molar-refractivity contribution is -0.760. The number of carboxylic acid groups (broad SMARTS) is 1. The van der Waals surface area contributed by atoms with Gasteiger partial charge in [0, 0.05) is 17.0 Å². The predicted molar refractivity (Wildman–Crippen MR) is 64.0 cm³/mol. The fraction of sp³-hybridized carbons (Fsp3) is 0.909. The molecule has 0 spiro atoms. The molecule has 0 saturated carbocycles. The van der Waals surface area contributed by atoms with Crippen LogP contribution in [-0.4, -0.2) is 44.1 Å². The molecule has 0 amide bonds. The van der Waals surface area contributed by atoms with Crippen molar-refractivity contribution in [3.05, 3.63) is 10.1 Å². The van der Waals surface area contributed by atoms with Crippen LogP contribution in [0.1, 0.15) is 34.1 Å². The van der Waals surface area contributed by atoms with Crippen LogP contribution >= 0.6 is 0 Å². The topological polar surface area (TPSA) is 113 Å².